The molecule has 90 valence electrons. The van der Waals surface area contributed by atoms with Gasteiger partial charge in [0.1, 0.15) is 6.04 Å². The summed E-state index contributed by atoms with van der Waals surface area (Å²) in [6.07, 6.45) is 0. The Bertz CT molecular complexity index is 343. The predicted molar refractivity (Wildman–Crippen MR) is 66.7 cm³/mol. The number of hydrogen-bond acceptors (Lipinski definition) is 5. The summed E-state index contributed by atoms with van der Waals surface area (Å²) < 4.78 is 10.6. The van der Waals surface area contributed by atoms with Crippen molar-refractivity contribution in [3.05, 3.63) is 20.8 Å². The van der Waals surface area contributed by atoms with Crippen LogP contribution in [-0.2, 0) is 14.3 Å². The molecular weight excluding hydrogens is 294 g/mol. The summed E-state index contributed by atoms with van der Waals surface area (Å²) in [5.41, 5.74) is 0. The first-order chi connectivity index (χ1) is 7.70. The fraction of sp³-hybridized carbons (Fsp3) is 0.500. The van der Waals surface area contributed by atoms with Crippen LogP contribution in [0.25, 0.3) is 0 Å². The minimum absolute atomic E-state index is 0.292. The van der Waals surface area contributed by atoms with Gasteiger partial charge in [-0.2, -0.15) is 0 Å². The summed E-state index contributed by atoms with van der Waals surface area (Å²) in [6, 6.07) is 1.48. The Balaban J connectivity index is 2.72. The van der Waals surface area contributed by atoms with Gasteiger partial charge in [-0.1, -0.05) is 0 Å². The van der Waals surface area contributed by atoms with E-state index in [1.54, 1.807) is 7.11 Å². The Hall–Kier alpha value is -0.430. The van der Waals surface area contributed by atoms with Crippen LogP contribution in [0.5, 0.6) is 0 Å². The second-order valence-electron chi connectivity index (χ2n) is 3.04. The maximum absolute atomic E-state index is 11.6. The van der Waals surface area contributed by atoms with Crippen molar-refractivity contribution in [1.82, 2.24) is 5.32 Å². The summed E-state index contributed by atoms with van der Waals surface area (Å²) in [5.74, 6) is -0.292. The number of esters is 1. The average molecular weight is 308 g/mol. The van der Waals surface area contributed by atoms with Crippen LogP contribution in [0, 0.1) is 0 Å². The zero-order chi connectivity index (χ0) is 12.0. The maximum Gasteiger partial charge on any atom is 0.328 e. The predicted octanol–water partition coefficient (Wildman–Crippen LogP) is 1.96. The van der Waals surface area contributed by atoms with Gasteiger partial charge in [0.15, 0.2) is 0 Å². The molecule has 0 aromatic carbocycles. The van der Waals surface area contributed by atoms with Gasteiger partial charge in [0, 0.05) is 23.0 Å². The highest BCUT2D eigenvalue weighted by molar-refractivity contribution is 9.10. The van der Waals surface area contributed by atoms with Crippen molar-refractivity contribution in [2.24, 2.45) is 0 Å². The summed E-state index contributed by atoms with van der Waals surface area (Å²) >= 11 is 4.91. The van der Waals surface area contributed by atoms with E-state index in [4.69, 9.17) is 9.47 Å². The first-order valence-corrected chi connectivity index (χ1v) is 6.41. The number of rotatable bonds is 6. The summed E-state index contributed by atoms with van der Waals surface area (Å²) in [4.78, 5) is 12.5. The van der Waals surface area contributed by atoms with Gasteiger partial charge in [-0.05, 0) is 27.4 Å². The smallest absolute Gasteiger partial charge is 0.328 e. The summed E-state index contributed by atoms with van der Waals surface area (Å²) in [6.45, 7) is 1.15. The van der Waals surface area contributed by atoms with Crippen molar-refractivity contribution in [1.29, 1.82) is 0 Å². The third-order valence-corrected chi connectivity index (χ3v) is 3.93. The number of hydrogen-bond donors (Lipinski definition) is 1. The minimum Gasteiger partial charge on any atom is -0.468 e. The fourth-order valence-corrected chi connectivity index (χ4v) is 2.88. The van der Waals surface area contributed by atoms with Crippen LogP contribution in [0.15, 0.2) is 15.9 Å². The van der Waals surface area contributed by atoms with Gasteiger partial charge in [-0.15, -0.1) is 11.3 Å². The molecule has 4 nitrogen and oxygen atoms in total. The minimum atomic E-state index is -0.436. The second-order valence-corrected chi connectivity index (χ2v) is 4.84. The lowest BCUT2D eigenvalue weighted by Gasteiger charge is -2.15. The normalized spacial score (nSPS) is 12.4. The van der Waals surface area contributed by atoms with Gasteiger partial charge in [0.2, 0.25) is 0 Å². The first kappa shape index (κ1) is 13.6. The van der Waals surface area contributed by atoms with Gasteiger partial charge in [-0.25, -0.2) is 4.79 Å². The molecule has 1 unspecified atom stereocenters. The van der Waals surface area contributed by atoms with Crippen LogP contribution in [0.3, 0.4) is 0 Å². The van der Waals surface area contributed by atoms with Crippen molar-refractivity contribution >= 4 is 33.2 Å². The molecule has 1 atom stereocenters. The lowest BCUT2D eigenvalue weighted by molar-refractivity contribution is -0.143. The largest absolute Gasteiger partial charge is 0.468 e. The summed E-state index contributed by atoms with van der Waals surface area (Å²) in [5, 5.41) is 5.02. The van der Waals surface area contributed by atoms with Crippen LogP contribution in [-0.4, -0.2) is 33.3 Å². The molecule has 6 heteroatoms. The second kappa shape index (κ2) is 7.01. The molecule has 1 N–H and O–H groups in total. The topological polar surface area (TPSA) is 47.6 Å². The number of ether oxygens (including phenoxy) is 2. The molecule has 0 fully saturated rings. The molecule has 1 rings (SSSR count). The molecule has 0 radical (unpaired) electrons. The Morgan fingerprint density at radius 1 is 1.62 bits per heavy atom. The molecule has 1 aromatic rings. The highest BCUT2D eigenvalue weighted by Gasteiger charge is 2.23. The Kier molecular flexibility index (Phi) is 5.97. The van der Waals surface area contributed by atoms with Gasteiger partial charge in [0.25, 0.3) is 0 Å². The molecule has 16 heavy (non-hydrogen) atoms. The third-order valence-electron chi connectivity index (χ3n) is 2.00. The number of thiophene rings is 1. The zero-order valence-electron chi connectivity index (χ0n) is 9.16. The molecule has 1 aromatic heterocycles. The van der Waals surface area contributed by atoms with Gasteiger partial charge in [0.05, 0.1) is 13.7 Å². The highest BCUT2D eigenvalue weighted by Crippen LogP contribution is 2.29. The third kappa shape index (κ3) is 3.55. The van der Waals surface area contributed by atoms with Crippen molar-refractivity contribution in [2.45, 2.75) is 6.04 Å². The number of methoxy groups -OCH3 is 2. The molecule has 0 bridgehead atoms. The van der Waals surface area contributed by atoms with E-state index in [0.29, 0.717) is 13.2 Å². The average Bonchev–Trinajstić information content (AvgIpc) is 2.70. The summed E-state index contributed by atoms with van der Waals surface area (Å²) in [7, 11) is 3.00. The van der Waals surface area contributed by atoms with E-state index in [0.717, 1.165) is 9.35 Å². The molecule has 0 amide bonds. The molecular formula is C10H14BrNO3S. The van der Waals surface area contributed by atoms with E-state index in [1.807, 2.05) is 11.4 Å². The monoisotopic (exact) mass is 307 g/mol. The van der Waals surface area contributed by atoms with Gasteiger partial charge >= 0.3 is 5.97 Å². The number of nitrogens with one attached hydrogen (secondary N) is 1. The Morgan fingerprint density at radius 2 is 2.38 bits per heavy atom. The lowest BCUT2D eigenvalue weighted by Crippen LogP contribution is -2.31. The zero-order valence-corrected chi connectivity index (χ0v) is 11.6. The number of carbonyl (C=O) groups is 1. The molecule has 1 heterocycles. The van der Waals surface area contributed by atoms with Crippen LogP contribution in [0.4, 0.5) is 0 Å². The molecule has 0 saturated carbocycles. The van der Waals surface area contributed by atoms with E-state index >= 15 is 0 Å². The van der Waals surface area contributed by atoms with Gasteiger partial charge in [-0.3, -0.25) is 5.32 Å². The van der Waals surface area contributed by atoms with Crippen LogP contribution < -0.4 is 5.32 Å². The van der Waals surface area contributed by atoms with Crippen LogP contribution in [0.2, 0.25) is 0 Å². The molecule has 0 aliphatic carbocycles. The van der Waals surface area contributed by atoms with E-state index in [1.165, 1.54) is 18.4 Å². The van der Waals surface area contributed by atoms with Crippen LogP contribution in [0.1, 0.15) is 10.9 Å². The van der Waals surface area contributed by atoms with E-state index < -0.39 is 6.04 Å². The van der Waals surface area contributed by atoms with E-state index in [-0.39, 0.29) is 5.97 Å². The van der Waals surface area contributed by atoms with Crippen molar-refractivity contribution in [2.75, 3.05) is 27.4 Å². The van der Waals surface area contributed by atoms with Crippen molar-refractivity contribution in [3.63, 3.8) is 0 Å². The standard InChI is InChI=1S/C10H14BrNO3S/c1-14-5-4-12-8(10(13)15-2)9-7(11)3-6-16-9/h3,6,8,12H,4-5H2,1-2H3. The van der Waals surface area contributed by atoms with Crippen LogP contribution >= 0.6 is 27.3 Å². The van der Waals surface area contributed by atoms with E-state index in [9.17, 15) is 4.79 Å². The Labute approximate surface area is 107 Å². The maximum atomic E-state index is 11.6. The molecule has 0 aliphatic rings. The number of halogens is 1. The van der Waals surface area contributed by atoms with Crippen molar-refractivity contribution in [3.8, 4) is 0 Å². The lowest BCUT2D eigenvalue weighted by atomic mass is 10.2. The number of carbonyl (C=O) groups excluding carboxylic acids is 1. The highest BCUT2D eigenvalue weighted by atomic mass is 79.9. The molecule has 0 spiro atoms. The quantitative estimate of drug-likeness (QED) is 0.645. The fourth-order valence-electron chi connectivity index (χ4n) is 1.22. The first-order valence-electron chi connectivity index (χ1n) is 4.73. The van der Waals surface area contributed by atoms with Crippen molar-refractivity contribution < 1.29 is 14.3 Å². The van der Waals surface area contributed by atoms with Gasteiger partial charge < -0.3 is 9.47 Å². The SMILES string of the molecule is COCCNC(C(=O)OC)c1sccc1Br. The molecule has 0 aliphatic heterocycles. The van der Waals surface area contributed by atoms with E-state index in [2.05, 4.69) is 21.2 Å². The Morgan fingerprint density at radius 3 is 2.88 bits per heavy atom. The molecule has 0 saturated heterocycles.